The van der Waals surface area contributed by atoms with Crippen LogP contribution in [0.3, 0.4) is 0 Å². The van der Waals surface area contributed by atoms with Gasteiger partial charge in [-0.3, -0.25) is 0 Å². The smallest absolute Gasteiger partial charge is 0.0409 e. The van der Waals surface area contributed by atoms with Crippen LogP contribution >= 0.6 is 11.6 Å². The third-order valence-electron chi connectivity index (χ3n) is 4.39. The fraction of sp³-hybridized carbons (Fsp3) is 0.368. The predicted octanol–water partition coefficient (Wildman–Crippen LogP) is 4.72. The molecule has 0 N–H and O–H groups in total. The Hall–Kier alpha value is -1.31. The topological polar surface area (TPSA) is 3.24 Å². The lowest BCUT2D eigenvalue weighted by Crippen LogP contribution is -2.17. The lowest BCUT2D eigenvalue weighted by atomic mass is 9.76. The molecule has 0 radical (unpaired) electrons. The molecule has 0 spiro atoms. The van der Waals surface area contributed by atoms with E-state index < -0.39 is 0 Å². The van der Waals surface area contributed by atoms with E-state index in [1.807, 2.05) is 6.07 Å². The molecule has 1 aliphatic rings. The molecule has 0 saturated heterocycles. The molecule has 110 valence electrons. The van der Waals surface area contributed by atoms with E-state index >= 15 is 0 Å². The number of hydrogen-bond donors (Lipinski definition) is 0. The molecule has 0 bridgehead atoms. The molecular weight excluding hydrogens is 278 g/mol. The summed E-state index contributed by atoms with van der Waals surface area (Å²) in [4.78, 5) is 2.26. The highest BCUT2D eigenvalue weighted by molar-refractivity contribution is 6.30. The standard InChI is InChI=1S/C19H22ClN/c1-21(2)11-5-8-18-17-7-4-3-6-14(17)12-15-9-10-16(20)13-19(15)18/h3-4,6-7,9-10,13,18H,5,8,11-12H2,1-2H3. The van der Waals surface area contributed by atoms with E-state index in [0.29, 0.717) is 5.92 Å². The molecule has 1 nitrogen and oxygen atoms in total. The average Bonchev–Trinajstić information content (AvgIpc) is 2.46. The Bertz CT molecular complexity index is 633. The Morgan fingerprint density at radius 3 is 2.62 bits per heavy atom. The molecule has 1 unspecified atom stereocenters. The second-order valence-corrected chi connectivity index (χ2v) is 6.65. The Morgan fingerprint density at radius 1 is 1.05 bits per heavy atom. The van der Waals surface area contributed by atoms with Gasteiger partial charge in [0.15, 0.2) is 0 Å². The first-order valence-electron chi connectivity index (χ1n) is 7.66. The van der Waals surface area contributed by atoms with Crippen LogP contribution in [0.15, 0.2) is 42.5 Å². The fourth-order valence-electron chi connectivity index (χ4n) is 3.38. The predicted molar refractivity (Wildman–Crippen MR) is 90.3 cm³/mol. The molecule has 0 amide bonds. The highest BCUT2D eigenvalue weighted by Gasteiger charge is 2.25. The molecule has 2 aromatic rings. The van der Waals surface area contributed by atoms with Crippen LogP contribution in [0, 0.1) is 0 Å². The number of halogens is 1. The molecule has 0 heterocycles. The third kappa shape index (κ3) is 3.14. The fourth-order valence-corrected chi connectivity index (χ4v) is 3.56. The van der Waals surface area contributed by atoms with Gasteiger partial charge in [0.05, 0.1) is 0 Å². The van der Waals surface area contributed by atoms with Crippen LogP contribution < -0.4 is 0 Å². The molecule has 0 aliphatic heterocycles. The van der Waals surface area contributed by atoms with Gasteiger partial charge < -0.3 is 4.90 Å². The Morgan fingerprint density at radius 2 is 1.81 bits per heavy atom. The van der Waals surface area contributed by atoms with Crippen molar-refractivity contribution in [3.05, 3.63) is 69.7 Å². The third-order valence-corrected chi connectivity index (χ3v) is 4.63. The maximum absolute atomic E-state index is 6.25. The molecule has 2 heteroatoms. The van der Waals surface area contributed by atoms with Crippen molar-refractivity contribution in [1.82, 2.24) is 4.90 Å². The lowest BCUT2D eigenvalue weighted by molar-refractivity contribution is 0.389. The summed E-state index contributed by atoms with van der Waals surface area (Å²) in [5.74, 6) is 0.489. The van der Waals surface area contributed by atoms with Gasteiger partial charge in [0.25, 0.3) is 0 Å². The van der Waals surface area contributed by atoms with Crippen molar-refractivity contribution >= 4 is 11.6 Å². The lowest BCUT2D eigenvalue weighted by Gasteiger charge is -2.29. The zero-order valence-corrected chi connectivity index (χ0v) is 13.5. The van der Waals surface area contributed by atoms with Crippen molar-refractivity contribution in [3.8, 4) is 0 Å². The zero-order valence-electron chi connectivity index (χ0n) is 12.8. The van der Waals surface area contributed by atoms with Gasteiger partial charge in [0, 0.05) is 10.9 Å². The largest absolute Gasteiger partial charge is 0.309 e. The van der Waals surface area contributed by atoms with Gasteiger partial charge in [-0.05, 0) is 74.3 Å². The Kier molecular flexibility index (Phi) is 4.32. The molecule has 1 atom stereocenters. The first-order chi connectivity index (χ1) is 10.1. The van der Waals surface area contributed by atoms with Gasteiger partial charge in [-0.15, -0.1) is 0 Å². The maximum Gasteiger partial charge on any atom is 0.0409 e. The summed E-state index contributed by atoms with van der Waals surface area (Å²) in [5, 5.41) is 0.853. The summed E-state index contributed by atoms with van der Waals surface area (Å²) in [7, 11) is 4.28. The molecule has 0 aromatic heterocycles. The highest BCUT2D eigenvalue weighted by atomic mass is 35.5. The number of benzene rings is 2. The molecule has 2 aromatic carbocycles. The second-order valence-electron chi connectivity index (χ2n) is 6.22. The quantitative estimate of drug-likeness (QED) is 0.790. The minimum absolute atomic E-state index is 0.489. The van der Waals surface area contributed by atoms with E-state index in [0.717, 1.165) is 18.0 Å². The van der Waals surface area contributed by atoms with Gasteiger partial charge in [-0.25, -0.2) is 0 Å². The van der Waals surface area contributed by atoms with Crippen LogP contribution in [0.4, 0.5) is 0 Å². The highest BCUT2D eigenvalue weighted by Crippen LogP contribution is 2.40. The average molecular weight is 300 g/mol. The summed E-state index contributed by atoms with van der Waals surface area (Å²) < 4.78 is 0. The molecule has 3 rings (SSSR count). The van der Waals surface area contributed by atoms with Gasteiger partial charge in [0.1, 0.15) is 0 Å². The van der Waals surface area contributed by atoms with Crippen molar-refractivity contribution < 1.29 is 0 Å². The van der Waals surface area contributed by atoms with E-state index in [1.54, 1.807) is 0 Å². The number of hydrogen-bond acceptors (Lipinski definition) is 1. The zero-order chi connectivity index (χ0) is 14.8. The van der Waals surface area contributed by atoms with Crippen LogP contribution in [-0.2, 0) is 6.42 Å². The summed E-state index contributed by atoms with van der Waals surface area (Å²) in [5.41, 5.74) is 5.83. The van der Waals surface area contributed by atoms with Gasteiger partial charge in [-0.2, -0.15) is 0 Å². The number of rotatable bonds is 4. The van der Waals surface area contributed by atoms with Crippen molar-refractivity contribution in [1.29, 1.82) is 0 Å². The first-order valence-corrected chi connectivity index (χ1v) is 8.04. The van der Waals surface area contributed by atoms with E-state index in [4.69, 9.17) is 11.6 Å². The molecule has 1 aliphatic carbocycles. The van der Waals surface area contributed by atoms with E-state index in [-0.39, 0.29) is 0 Å². The van der Waals surface area contributed by atoms with Crippen molar-refractivity contribution in [2.45, 2.75) is 25.2 Å². The SMILES string of the molecule is CN(C)CCCC1c2ccccc2Cc2ccc(Cl)cc21. The van der Waals surface area contributed by atoms with Crippen LogP contribution in [0.5, 0.6) is 0 Å². The molecule has 21 heavy (non-hydrogen) atoms. The van der Waals surface area contributed by atoms with Gasteiger partial charge in [0.2, 0.25) is 0 Å². The minimum Gasteiger partial charge on any atom is -0.309 e. The Balaban J connectivity index is 1.94. The van der Waals surface area contributed by atoms with Crippen molar-refractivity contribution in [2.24, 2.45) is 0 Å². The molecule has 0 saturated carbocycles. The minimum atomic E-state index is 0.489. The Labute approximate surface area is 132 Å². The van der Waals surface area contributed by atoms with Crippen LogP contribution in [0.25, 0.3) is 0 Å². The van der Waals surface area contributed by atoms with E-state index in [9.17, 15) is 0 Å². The van der Waals surface area contributed by atoms with Gasteiger partial charge >= 0.3 is 0 Å². The maximum atomic E-state index is 6.25. The monoisotopic (exact) mass is 299 g/mol. The number of nitrogens with zero attached hydrogens (tertiary/aromatic N) is 1. The van der Waals surface area contributed by atoms with Crippen LogP contribution in [0.2, 0.25) is 5.02 Å². The van der Waals surface area contributed by atoms with Crippen molar-refractivity contribution in [2.75, 3.05) is 20.6 Å². The van der Waals surface area contributed by atoms with Crippen LogP contribution in [-0.4, -0.2) is 25.5 Å². The normalized spacial score (nSPS) is 16.7. The van der Waals surface area contributed by atoms with Gasteiger partial charge in [-0.1, -0.05) is 41.9 Å². The molecular formula is C19H22ClN. The summed E-state index contributed by atoms with van der Waals surface area (Å²) in [6.45, 7) is 1.13. The first kappa shape index (κ1) is 14.6. The second kappa shape index (κ2) is 6.21. The van der Waals surface area contributed by atoms with Crippen molar-refractivity contribution in [3.63, 3.8) is 0 Å². The molecule has 0 fully saturated rings. The van der Waals surface area contributed by atoms with E-state index in [2.05, 4.69) is 55.4 Å². The van der Waals surface area contributed by atoms with Crippen LogP contribution in [0.1, 0.15) is 41.0 Å². The number of fused-ring (bicyclic) bond motifs is 2. The summed E-state index contributed by atoms with van der Waals surface area (Å²) >= 11 is 6.25. The summed E-state index contributed by atoms with van der Waals surface area (Å²) in [6, 6.07) is 15.3. The summed E-state index contributed by atoms with van der Waals surface area (Å²) in [6.07, 6.45) is 3.42. The van der Waals surface area contributed by atoms with E-state index in [1.165, 1.54) is 35.1 Å².